The van der Waals surface area contributed by atoms with Gasteiger partial charge in [-0.05, 0) is 31.3 Å². The summed E-state index contributed by atoms with van der Waals surface area (Å²) in [7, 11) is 0. The summed E-state index contributed by atoms with van der Waals surface area (Å²) in [4.78, 5) is 15.7. The zero-order chi connectivity index (χ0) is 17.5. The van der Waals surface area contributed by atoms with Gasteiger partial charge in [0.15, 0.2) is 0 Å². The van der Waals surface area contributed by atoms with E-state index in [1.165, 1.54) is 5.57 Å². The number of unbranched alkanes of at least 4 members (excludes halogenated alkanes) is 1. The standard InChI is InChI=1S/C18H29NO5/c1-2-3-5-13(20)8-7-12-10-14-15(18(12)23)11-16(14)19-24-9-4-6-17(21)22/h7-8,12-13,15,18-20,23H,2-6,9-11H2,1H3,(H,21,22)/t12?,13?,15-,18?/m1/s1. The van der Waals surface area contributed by atoms with Crippen LogP contribution >= 0.6 is 0 Å². The molecule has 1 fully saturated rings. The van der Waals surface area contributed by atoms with Gasteiger partial charge < -0.3 is 15.3 Å². The minimum absolute atomic E-state index is 0.0487. The van der Waals surface area contributed by atoms with E-state index >= 15 is 0 Å². The number of aliphatic hydroxyl groups is 2. The first-order valence-corrected chi connectivity index (χ1v) is 8.88. The summed E-state index contributed by atoms with van der Waals surface area (Å²) in [5.74, 6) is -0.593. The van der Waals surface area contributed by atoms with E-state index in [1.807, 2.05) is 12.2 Å². The summed E-state index contributed by atoms with van der Waals surface area (Å²) in [6.07, 6.45) is 7.87. The summed E-state index contributed by atoms with van der Waals surface area (Å²) in [6, 6.07) is 0. The summed E-state index contributed by atoms with van der Waals surface area (Å²) in [5.41, 5.74) is 5.10. The first-order chi connectivity index (χ1) is 11.5. The molecule has 0 aliphatic heterocycles. The zero-order valence-electron chi connectivity index (χ0n) is 14.3. The summed E-state index contributed by atoms with van der Waals surface area (Å²) in [5, 5.41) is 28.8. The Hall–Kier alpha value is -1.37. The molecule has 4 atom stereocenters. The van der Waals surface area contributed by atoms with Gasteiger partial charge in [-0.15, -0.1) is 0 Å². The molecule has 0 aromatic rings. The third-order valence-electron chi connectivity index (χ3n) is 4.83. The lowest BCUT2D eigenvalue weighted by Crippen LogP contribution is -2.32. The molecular weight excluding hydrogens is 310 g/mol. The van der Waals surface area contributed by atoms with Gasteiger partial charge in [-0.25, -0.2) is 0 Å². The van der Waals surface area contributed by atoms with Gasteiger partial charge >= 0.3 is 5.97 Å². The Morgan fingerprint density at radius 3 is 2.92 bits per heavy atom. The second-order valence-electron chi connectivity index (χ2n) is 6.72. The Labute approximate surface area is 143 Å². The van der Waals surface area contributed by atoms with E-state index in [4.69, 9.17) is 9.94 Å². The minimum Gasteiger partial charge on any atom is -0.481 e. The number of hydrogen-bond donors (Lipinski definition) is 4. The Morgan fingerprint density at radius 2 is 2.21 bits per heavy atom. The van der Waals surface area contributed by atoms with Crippen molar-refractivity contribution in [3.63, 3.8) is 0 Å². The van der Waals surface area contributed by atoms with Crippen LogP contribution in [0.1, 0.15) is 51.9 Å². The molecule has 0 heterocycles. The number of carboxylic acids is 1. The lowest BCUT2D eigenvalue weighted by atomic mass is 9.83. The van der Waals surface area contributed by atoms with Crippen LogP contribution in [0.3, 0.4) is 0 Å². The first-order valence-electron chi connectivity index (χ1n) is 8.88. The molecule has 6 nitrogen and oxygen atoms in total. The van der Waals surface area contributed by atoms with Crippen LogP contribution in [0.2, 0.25) is 0 Å². The predicted octanol–water partition coefficient (Wildman–Crippen LogP) is 2.13. The number of aliphatic hydroxyl groups excluding tert-OH is 2. The maximum Gasteiger partial charge on any atom is 0.303 e. The fourth-order valence-electron chi connectivity index (χ4n) is 3.34. The van der Waals surface area contributed by atoms with Crippen molar-refractivity contribution >= 4 is 5.97 Å². The van der Waals surface area contributed by atoms with E-state index in [0.29, 0.717) is 13.0 Å². The fraction of sp³-hybridized carbons (Fsp3) is 0.722. The maximum atomic E-state index is 10.4. The molecule has 3 unspecified atom stereocenters. The average molecular weight is 339 g/mol. The van der Waals surface area contributed by atoms with E-state index < -0.39 is 18.2 Å². The Kier molecular flexibility index (Phi) is 7.27. The number of allylic oxidation sites excluding steroid dienone is 1. The van der Waals surface area contributed by atoms with Gasteiger partial charge in [-0.1, -0.05) is 31.9 Å². The zero-order valence-corrected chi connectivity index (χ0v) is 14.3. The van der Waals surface area contributed by atoms with Crippen LogP contribution < -0.4 is 5.48 Å². The lowest BCUT2D eigenvalue weighted by molar-refractivity contribution is -0.137. The smallest absolute Gasteiger partial charge is 0.303 e. The molecule has 0 aromatic heterocycles. The minimum atomic E-state index is -0.820. The molecule has 2 aliphatic carbocycles. The molecule has 4 N–H and O–H groups in total. The van der Waals surface area contributed by atoms with Gasteiger partial charge in [0, 0.05) is 24.0 Å². The second-order valence-corrected chi connectivity index (χ2v) is 6.72. The molecule has 0 aromatic carbocycles. The highest BCUT2D eigenvalue weighted by atomic mass is 16.6. The normalized spacial score (nSPS) is 27.2. The van der Waals surface area contributed by atoms with Gasteiger partial charge in [0.05, 0.1) is 18.8 Å². The van der Waals surface area contributed by atoms with E-state index in [1.54, 1.807) is 0 Å². The summed E-state index contributed by atoms with van der Waals surface area (Å²) in [6.45, 7) is 2.45. The molecule has 2 aliphatic rings. The topological polar surface area (TPSA) is 99.0 Å². The molecule has 0 bridgehead atoms. The second kappa shape index (κ2) is 9.20. The van der Waals surface area contributed by atoms with Gasteiger partial charge in [-0.2, -0.15) is 0 Å². The SMILES string of the molecule is CCCCC(O)C=CC1CC2=C(NOCCCC(=O)O)C[C@H]2C1O. The van der Waals surface area contributed by atoms with Crippen LogP contribution in [-0.2, 0) is 9.63 Å². The number of hydroxylamine groups is 1. The highest BCUT2D eigenvalue weighted by molar-refractivity contribution is 5.66. The highest BCUT2D eigenvalue weighted by Crippen LogP contribution is 2.48. The highest BCUT2D eigenvalue weighted by Gasteiger charge is 2.45. The number of carboxylic acid groups (broad SMARTS) is 1. The number of carbonyl (C=O) groups is 1. The molecule has 0 radical (unpaired) electrons. The van der Waals surface area contributed by atoms with Crippen LogP contribution in [0.25, 0.3) is 0 Å². The molecule has 24 heavy (non-hydrogen) atoms. The lowest BCUT2D eigenvalue weighted by Gasteiger charge is -2.30. The van der Waals surface area contributed by atoms with Crippen molar-refractivity contribution in [3.05, 3.63) is 23.4 Å². The van der Waals surface area contributed by atoms with Gasteiger partial charge in [0.25, 0.3) is 0 Å². The van der Waals surface area contributed by atoms with Crippen molar-refractivity contribution in [1.82, 2.24) is 5.48 Å². The van der Waals surface area contributed by atoms with E-state index in [-0.39, 0.29) is 18.3 Å². The number of nitrogens with one attached hydrogen (secondary N) is 1. The molecule has 2 rings (SSSR count). The third kappa shape index (κ3) is 5.06. The Bertz CT molecular complexity index is 488. The molecule has 6 heteroatoms. The molecule has 0 amide bonds. The van der Waals surface area contributed by atoms with Gasteiger partial charge in [0.2, 0.25) is 0 Å². The van der Waals surface area contributed by atoms with Crippen molar-refractivity contribution < 1.29 is 25.0 Å². The van der Waals surface area contributed by atoms with E-state index in [0.717, 1.165) is 37.8 Å². The largest absolute Gasteiger partial charge is 0.481 e. The van der Waals surface area contributed by atoms with E-state index in [9.17, 15) is 15.0 Å². The predicted molar refractivity (Wildman–Crippen MR) is 89.9 cm³/mol. The third-order valence-corrected chi connectivity index (χ3v) is 4.83. The quantitative estimate of drug-likeness (QED) is 0.261. The summed E-state index contributed by atoms with van der Waals surface area (Å²) < 4.78 is 0. The van der Waals surface area contributed by atoms with Crippen molar-refractivity contribution in [2.75, 3.05) is 6.61 Å². The van der Waals surface area contributed by atoms with Crippen LogP contribution in [0.5, 0.6) is 0 Å². The molecule has 1 saturated carbocycles. The van der Waals surface area contributed by atoms with Gasteiger partial charge in [-0.3, -0.25) is 15.1 Å². The number of aliphatic carboxylic acids is 1. The first kappa shape index (κ1) is 19.0. The summed E-state index contributed by atoms with van der Waals surface area (Å²) >= 11 is 0. The molecular formula is C18H29NO5. The number of fused-ring (bicyclic) bond motifs is 1. The number of rotatable bonds is 11. The Morgan fingerprint density at radius 1 is 1.42 bits per heavy atom. The van der Waals surface area contributed by atoms with Crippen molar-refractivity contribution in [2.24, 2.45) is 11.8 Å². The Balaban J connectivity index is 1.75. The van der Waals surface area contributed by atoms with Crippen molar-refractivity contribution in [2.45, 2.75) is 64.1 Å². The molecule has 0 spiro atoms. The van der Waals surface area contributed by atoms with Crippen molar-refractivity contribution in [1.29, 1.82) is 0 Å². The van der Waals surface area contributed by atoms with Gasteiger partial charge in [0.1, 0.15) is 0 Å². The van der Waals surface area contributed by atoms with Crippen molar-refractivity contribution in [3.8, 4) is 0 Å². The van der Waals surface area contributed by atoms with Crippen LogP contribution in [0.4, 0.5) is 0 Å². The van der Waals surface area contributed by atoms with Crippen LogP contribution in [0, 0.1) is 11.8 Å². The molecule has 0 saturated heterocycles. The monoisotopic (exact) mass is 339 g/mol. The molecule has 136 valence electrons. The van der Waals surface area contributed by atoms with E-state index in [2.05, 4.69) is 12.4 Å². The number of hydrogen-bond acceptors (Lipinski definition) is 5. The maximum absolute atomic E-state index is 10.4. The fourth-order valence-corrected chi connectivity index (χ4v) is 3.34. The average Bonchev–Trinajstić information content (AvgIpc) is 2.77. The van der Waals surface area contributed by atoms with Crippen LogP contribution in [-0.4, -0.2) is 40.1 Å². The van der Waals surface area contributed by atoms with Crippen LogP contribution in [0.15, 0.2) is 23.4 Å².